The molecule has 1 amide bonds. The first-order valence-corrected chi connectivity index (χ1v) is 11.6. The number of nitrogens with one attached hydrogen (secondary N) is 1. The quantitative estimate of drug-likeness (QED) is 0.263. The number of phenolic OH excluding ortho intramolecular Hbond substituents is 1. The molecule has 2 N–H and O–H groups in total. The number of nitrogens with zero attached hydrogens (tertiary/aromatic N) is 6. The molecule has 5 rings (SSSR count). The molecule has 3 aromatic carbocycles. The van der Waals surface area contributed by atoms with Crippen LogP contribution in [-0.2, 0) is 0 Å². The zero-order valence-electron chi connectivity index (χ0n) is 20.9. The molecule has 11 heteroatoms. The zero-order valence-corrected chi connectivity index (χ0v) is 20.9. The van der Waals surface area contributed by atoms with Crippen LogP contribution in [0.25, 0.3) is 16.6 Å². The van der Waals surface area contributed by atoms with Crippen molar-refractivity contribution >= 4 is 33.9 Å². The molecule has 0 bridgehead atoms. The van der Waals surface area contributed by atoms with Gasteiger partial charge in [-0.25, -0.2) is 4.98 Å². The van der Waals surface area contributed by atoms with E-state index in [1.807, 2.05) is 6.07 Å². The maximum absolute atomic E-state index is 13.2. The largest absolute Gasteiger partial charge is 0.505 e. The summed E-state index contributed by atoms with van der Waals surface area (Å²) >= 11 is 0. The fourth-order valence-corrected chi connectivity index (χ4v) is 3.89. The van der Waals surface area contributed by atoms with Gasteiger partial charge in [0.25, 0.3) is 5.91 Å². The Morgan fingerprint density at radius 2 is 1.79 bits per heavy atom. The summed E-state index contributed by atoms with van der Waals surface area (Å²) in [6.45, 7) is 0. The van der Waals surface area contributed by atoms with Crippen LogP contribution in [0, 0.1) is 11.3 Å². The smallest absolute Gasteiger partial charge is 0.259 e. The minimum atomic E-state index is -0.560. The van der Waals surface area contributed by atoms with E-state index in [1.165, 1.54) is 18.0 Å². The number of hydrogen-bond donors (Lipinski definition) is 2. The van der Waals surface area contributed by atoms with Crippen molar-refractivity contribution in [1.29, 1.82) is 5.26 Å². The van der Waals surface area contributed by atoms with Gasteiger partial charge in [-0.3, -0.25) is 4.79 Å². The Balaban J connectivity index is 1.61. The predicted octanol–water partition coefficient (Wildman–Crippen LogP) is 5.68. The average Bonchev–Trinajstić information content (AvgIpc) is 3.39. The van der Waals surface area contributed by atoms with Crippen LogP contribution >= 0.6 is 0 Å². The van der Waals surface area contributed by atoms with E-state index in [0.29, 0.717) is 33.8 Å². The van der Waals surface area contributed by atoms with Crippen molar-refractivity contribution in [1.82, 2.24) is 14.8 Å². The van der Waals surface area contributed by atoms with Crippen molar-refractivity contribution in [2.75, 3.05) is 19.5 Å². The first kappa shape index (κ1) is 24.9. The summed E-state index contributed by atoms with van der Waals surface area (Å²) in [5.74, 6) is 0.792. The lowest BCUT2D eigenvalue weighted by molar-refractivity contribution is 0.102. The summed E-state index contributed by atoms with van der Waals surface area (Å²) < 4.78 is 11.9. The van der Waals surface area contributed by atoms with Crippen LogP contribution in [0.5, 0.6) is 17.2 Å². The van der Waals surface area contributed by atoms with Gasteiger partial charge in [0.15, 0.2) is 17.4 Å². The van der Waals surface area contributed by atoms with E-state index in [4.69, 9.17) is 9.47 Å². The van der Waals surface area contributed by atoms with Gasteiger partial charge in [0, 0.05) is 17.3 Å². The monoisotopic (exact) mass is 519 g/mol. The fourth-order valence-electron chi connectivity index (χ4n) is 3.89. The number of rotatable bonds is 7. The van der Waals surface area contributed by atoms with Crippen LogP contribution in [-0.4, -0.2) is 40.0 Å². The molecule has 0 radical (unpaired) electrons. The van der Waals surface area contributed by atoms with E-state index in [2.05, 4.69) is 25.6 Å². The van der Waals surface area contributed by atoms with Crippen LogP contribution < -0.4 is 14.8 Å². The number of methoxy groups -OCH3 is 2. The summed E-state index contributed by atoms with van der Waals surface area (Å²) in [5, 5.41) is 37.5. The highest BCUT2D eigenvalue weighted by Crippen LogP contribution is 2.41. The van der Waals surface area contributed by atoms with Crippen molar-refractivity contribution in [3.63, 3.8) is 0 Å². The SMILES string of the molecule is COc1ccc(NC(=O)c2cc3cc(OC)ccc3c(N=Nc3c(C#N)cnn3-c3ccccn3)c2O)cc1. The lowest BCUT2D eigenvalue weighted by Gasteiger charge is -2.12. The molecule has 0 aliphatic heterocycles. The summed E-state index contributed by atoms with van der Waals surface area (Å²) in [4.78, 5) is 17.5. The Morgan fingerprint density at radius 1 is 1.03 bits per heavy atom. The van der Waals surface area contributed by atoms with Crippen LogP contribution in [0.4, 0.5) is 17.2 Å². The summed E-state index contributed by atoms with van der Waals surface area (Å²) in [6, 6.07) is 20.7. The second-order valence-electron chi connectivity index (χ2n) is 8.18. The standard InChI is InChI=1S/C28H21N7O4/c1-38-20-8-6-19(7-9-20)32-28(37)23-14-17-13-21(39-2)10-11-22(17)25(26(23)36)33-34-27-18(15-29)16-31-35(27)24-5-3-4-12-30-24/h3-14,16,36H,1-2H3,(H,32,37). The summed E-state index contributed by atoms with van der Waals surface area (Å²) in [7, 11) is 3.08. The van der Waals surface area contributed by atoms with Crippen molar-refractivity contribution in [2.24, 2.45) is 10.2 Å². The van der Waals surface area contributed by atoms with Crippen LogP contribution in [0.15, 0.2) is 89.4 Å². The number of ether oxygens (including phenoxy) is 2. The third-order valence-electron chi connectivity index (χ3n) is 5.86. The average molecular weight is 520 g/mol. The van der Waals surface area contributed by atoms with Gasteiger partial charge in [0.05, 0.1) is 26.0 Å². The highest BCUT2D eigenvalue weighted by molar-refractivity contribution is 6.11. The van der Waals surface area contributed by atoms with E-state index in [-0.39, 0.29) is 28.4 Å². The minimum Gasteiger partial charge on any atom is -0.505 e. The van der Waals surface area contributed by atoms with Gasteiger partial charge in [-0.1, -0.05) is 6.07 Å². The number of nitriles is 1. The predicted molar refractivity (Wildman–Crippen MR) is 143 cm³/mol. The Bertz CT molecular complexity index is 1740. The first-order chi connectivity index (χ1) is 19.0. The van der Waals surface area contributed by atoms with Crippen LogP contribution in [0.3, 0.4) is 0 Å². The van der Waals surface area contributed by atoms with Crippen molar-refractivity contribution in [3.05, 3.63) is 90.3 Å². The van der Waals surface area contributed by atoms with Gasteiger partial charge in [-0.05, 0) is 66.0 Å². The molecular formula is C28H21N7O4. The molecule has 0 spiro atoms. The lowest BCUT2D eigenvalue weighted by Crippen LogP contribution is -2.12. The Hall–Kier alpha value is -5.76. The molecule has 0 aliphatic rings. The van der Waals surface area contributed by atoms with Crippen molar-refractivity contribution < 1.29 is 19.4 Å². The molecule has 0 saturated heterocycles. The van der Waals surface area contributed by atoms with E-state index in [0.717, 1.165) is 0 Å². The van der Waals surface area contributed by atoms with Gasteiger partial charge >= 0.3 is 0 Å². The second-order valence-corrected chi connectivity index (χ2v) is 8.18. The van der Waals surface area contributed by atoms with Gasteiger partial charge in [-0.2, -0.15) is 15.0 Å². The zero-order chi connectivity index (χ0) is 27.4. The number of amides is 1. The molecule has 0 aliphatic carbocycles. The number of fused-ring (bicyclic) bond motifs is 1. The minimum absolute atomic E-state index is 0.0285. The third-order valence-corrected chi connectivity index (χ3v) is 5.86. The third kappa shape index (κ3) is 4.94. The Labute approximate surface area is 222 Å². The normalized spacial score (nSPS) is 10.9. The maximum atomic E-state index is 13.2. The van der Waals surface area contributed by atoms with Crippen molar-refractivity contribution in [3.8, 4) is 29.1 Å². The topological polar surface area (TPSA) is 147 Å². The maximum Gasteiger partial charge on any atom is 0.259 e. The van der Waals surface area contributed by atoms with Gasteiger partial charge in [0.2, 0.25) is 0 Å². The van der Waals surface area contributed by atoms with Gasteiger partial charge < -0.3 is 19.9 Å². The van der Waals surface area contributed by atoms with Crippen LogP contribution in [0.1, 0.15) is 15.9 Å². The van der Waals surface area contributed by atoms with E-state index >= 15 is 0 Å². The second kappa shape index (κ2) is 10.7. The number of aromatic hydroxyl groups is 1. The van der Waals surface area contributed by atoms with Crippen molar-refractivity contribution in [2.45, 2.75) is 0 Å². The number of pyridine rings is 1. The van der Waals surface area contributed by atoms with Gasteiger partial charge in [0.1, 0.15) is 28.8 Å². The lowest BCUT2D eigenvalue weighted by atomic mass is 10.0. The van der Waals surface area contributed by atoms with E-state index in [1.54, 1.807) is 80.0 Å². The molecule has 2 aromatic heterocycles. The number of anilines is 1. The molecule has 39 heavy (non-hydrogen) atoms. The molecule has 2 heterocycles. The Kier molecular flexibility index (Phi) is 6.83. The van der Waals surface area contributed by atoms with E-state index in [9.17, 15) is 15.2 Å². The van der Waals surface area contributed by atoms with Gasteiger partial charge in [-0.15, -0.1) is 10.2 Å². The highest BCUT2D eigenvalue weighted by atomic mass is 16.5. The highest BCUT2D eigenvalue weighted by Gasteiger charge is 2.20. The number of aromatic nitrogens is 3. The molecule has 0 saturated carbocycles. The fraction of sp³-hybridized carbons (Fsp3) is 0.0714. The molecular weight excluding hydrogens is 498 g/mol. The summed E-state index contributed by atoms with van der Waals surface area (Å²) in [5.41, 5.74) is 0.669. The number of benzene rings is 3. The number of carbonyl (C=O) groups is 1. The number of phenols is 1. The first-order valence-electron chi connectivity index (χ1n) is 11.6. The van der Waals surface area contributed by atoms with E-state index < -0.39 is 5.91 Å². The molecule has 5 aromatic rings. The molecule has 11 nitrogen and oxygen atoms in total. The number of carbonyl (C=O) groups excluding carboxylic acids is 1. The molecule has 0 unspecified atom stereocenters. The number of hydrogen-bond acceptors (Lipinski definition) is 9. The molecule has 0 fully saturated rings. The summed E-state index contributed by atoms with van der Waals surface area (Å²) in [6.07, 6.45) is 2.94. The Morgan fingerprint density at radius 3 is 2.49 bits per heavy atom. The van der Waals surface area contributed by atoms with Crippen LogP contribution in [0.2, 0.25) is 0 Å². The number of azo groups is 1. The molecule has 192 valence electrons. The molecule has 0 atom stereocenters.